The van der Waals surface area contributed by atoms with Crippen molar-refractivity contribution in [1.29, 1.82) is 0 Å². The van der Waals surface area contributed by atoms with E-state index in [1.54, 1.807) is 18.2 Å². The molecular formula is C12H18N4O4. The molecule has 0 aromatic carbocycles. The maximum Gasteiger partial charge on any atom is 0.322 e. The van der Waals surface area contributed by atoms with Gasteiger partial charge in [-0.3, -0.25) is 4.79 Å². The molecule has 0 aliphatic carbocycles. The summed E-state index contributed by atoms with van der Waals surface area (Å²) < 4.78 is 0. The SMILES string of the molecule is O=C(O)C1CC(O)CN1Nc1cccc(NCCO)n1. The Hall–Kier alpha value is -1.90. The molecule has 0 radical (unpaired) electrons. The minimum atomic E-state index is -0.983. The minimum Gasteiger partial charge on any atom is -0.480 e. The first-order valence-electron chi connectivity index (χ1n) is 6.36. The van der Waals surface area contributed by atoms with E-state index in [-0.39, 0.29) is 19.6 Å². The van der Waals surface area contributed by atoms with Gasteiger partial charge in [0, 0.05) is 19.5 Å². The first-order chi connectivity index (χ1) is 9.60. The Morgan fingerprint density at radius 3 is 2.90 bits per heavy atom. The van der Waals surface area contributed by atoms with E-state index in [4.69, 9.17) is 10.2 Å². The number of aromatic nitrogens is 1. The van der Waals surface area contributed by atoms with Crippen LogP contribution in [0.15, 0.2) is 18.2 Å². The second-order valence-electron chi connectivity index (χ2n) is 4.57. The van der Waals surface area contributed by atoms with Gasteiger partial charge in [-0.05, 0) is 12.1 Å². The van der Waals surface area contributed by atoms with Crippen LogP contribution in [0.1, 0.15) is 6.42 Å². The second-order valence-corrected chi connectivity index (χ2v) is 4.57. The van der Waals surface area contributed by atoms with Crippen molar-refractivity contribution in [3.05, 3.63) is 18.2 Å². The summed E-state index contributed by atoms with van der Waals surface area (Å²) in [7, 11) is 0. The highest BCUT2D eigenvalue weighted by Gasteiger charge is 2.36. The highest BCUT2D eigenvalue weighted by molar-refractivity contribution is 5.74. The molecule has 8 heteroatoms. The van der Waals surface area contributed by atoms with Crippen molar-refractivity contribution in [3.8, 4) is 0 Å². The van der Waals surface area contributed by atoms with Crippen LogP contribution in [0.5, 0.6) is 0 Å². The Balaban J connectivity index is 2.03. The summed E-state index contributed by atoms with van der Waals surface area (Å²) in [6, 6.07) is 4.43. The molecule has 2 unspecified atom stereocenters. The molecule has 1 fully saturated rings. The summed E-state index contributed by atoms with van der Waals surface area (Å²) in [5.74, 6) is 0.0765. The summed E-state index contributed by atoms with van der Waals surface area (Å²) in [6.07, 6.45) is -0.482. The van der Waals surface area contributed by atoms with Crippen molar-refractivity contribution in [1.82, 2.24) is 9.99 Å². The standard InChI is InChI=1S/C12H18N4O4/c17-5-4-13-10-2-1-3-11(14-10)15-16-7-8(18)6-9(16)12(19)20/h1-3,8-9,17-18H,4-7H2,(H,19,20)(H2,13,14,15). The molecule has 0 spiro atoms. The molecule has 2 heterocycles. The fraction of sp³-hybridized carbons (Fsp3) is 0.500. The van der Waals surface area contributed by atoms with Gasteiger partial charge >= 0.3 is 5.97 Å². The summed E-state index contributed by atoms with van der Waals surface area (Å²) >= 11 is 0. The van der Waals surface area contributed by atoms with Crippen LogP contribution in [0.4, 0.5) is 11.6 Å². The molecule has 8 nitrogen and oxygen atoms in total. The zero-order chi connectivity index (χ0) is 14.5. The number of pyridine rings is 1. The molecule has 1 aliphatic rings. The van der Waals surface area contributed by atoms with Gasteiger partial charge in [0.15, 0.2) is 0 Å². The number of β-amino-alcohol motifs (C(OH)–C–C–N with tert-alkyl or cyclic N) is 1. The highest BCUT2D eigenvalue weighted by Crippen LogP contribution is 2.19. The first-order valence-corrected chi connectivity index (χ1v) is 6.36. The van der Waals surface area contributed by atoms with Crippen LogP contribution in [0, 0.1) is 0 Å². The van der Waals surface area contributed by atoms with E-state index in [0.717, 1.165) is 0 Å². The number of hydrazine groups is 1. The average molecular weight is 282 g/mol. The van der Waals surface area contributed by atoms with Gasteiger partial charge in [0.1, 0.15) is 17.7 Å². The zero-order valence-corrected chi connectivity index (χ0v) is 10.9. The number of anilines is 2. The molecular weight excluding hydrogens is 264 g/mol. The van der Waals surface area contributed by atoms with Gasteiger partial charge in [0.2, 0.25) is 0 Å². The minimum absolute atomic E-state index is 0.00125. The number of hydrogen-bond donors (Lipinski definition) is 5. The largest absolute Gasteiger partial charge is 0.480 e. The van der Waals surface area contributed by atoms with Gasteiger partial charge < -0.3 is 26.1 Å². The molecule has 2 rings (SSSR count). The number of aliphatic carboxylic acids is 1. The summed E-state index contributed by atoms with van der Waals surface area (Å²) in [5.41, 5.74) is 2.90. The van der Waals surface area contributed by atoms with Gasteiger partial charge in [-0.2, -0.15) is 0 Å². The third-order valence-electron chi connectivity index (χ3n) is 2.99. The molecule has 20 heavy (non-hydrogen) atoms. The van der Waals surface area contributed by atoms with Gasteiger partial charge in [0.05, 0.1) is 12.7 Å². The lowest BCUT2D eigenvalue weighted by atomic mass is 10.2. The number of rotatable bonds is 6. The van der Waals surface area contributed by atoms with E-state index >= 15 is 0 Å². The van der Waals surface area contributed by atoms with Crippen molar-refractivity contribution < 1.29 is 20.1 Å². The highest BCUT2D eigenvalue weighted by atomic mass is 16.4. The van der Waals surface area contributed by atoms with E-state index in [1.165, 1.54) is 5.01 Å². The van der Waals surface area contributed by atoms with Crippen LogP contribution in [-0.2, 0) is 4.79 Å². The van der Waals surface area contributed by atoms with Gasteiger partial charge in [-0.1, -0.05) is 6.07 Å². The van der Waals surface area contributed by atoms with Crippen molar-refractivity contribution in [2.24, 2.45) is 0 Å². The molecule has 1 aliphatic heterocycles. The Kier molecular flexibility index (Phi) is 4.72. The number of aliphatic hydroxyl groups is 2. The van der Waals surface area contributed by atoms with Gasteiger partial charge in [-0.25, -0.2) is 9.99 Å². The van der Waals surface area contributed by atoms with Crippen molar-refractivity contribution in [2.45, 2.75) is 18.6 Å². The average Bonchev–Trinajstić information content (AvgIpc) is 2.78. The zero-order valence-electron chi connectivity index (χ0n) is 10.9. The van der Waals surface area contributed by atoms with Crippen molar-refractivity contribution >= 4 is 17.6 Å². The van der Waals surface area contributed by atoms with Gasteiger partial charge in [-0.15, -0.1) is 0 Å². The van der Waals surface area contributed by atoms with E-state index in [2.05, 4.69) is 15.7 Å². The number of nitrogens with one attached hydrogen (secondary N) is 2. The number of aliphatic hydroxyl groups excluding tert-OH is 2. The third kappa shape index (κ3) is 3.56. The van der Waals surface area contributed by atoms with Crippen molar-refractivity contribution in [3.63, 3.8) is 0 Å². The van der Waals surface area contributed by atoms with Crippen molar-refractivity contribution in [2.75, 3.05) is 30.4 Å². The van der Waals surface area contributed by atoms with Crippen LogP contribution in [-0.4, -0.2) is 63.1 Å². The number of carboxylic acids is 1. The van der Waals surface area contributed by atoms with Crippen LogP contribution in [0.25, 0.3) is 0 Å². The predicted molar refractivity (Wildman–Crippen MR) is 72.2 cm³/mol. The van der Waals surface area contributed by atoms with E-state index in [1.807, 2.05) is 0 Å². The molecule has 0 bridgehead atoms. The number of hydrogen-bond acceptors (Lipinski definition) is 7. The fourth-order valence-electron chi connectivity index (χ4n) is 2.10. The molecule has 110 valence electrons. The molecule has 0 saturated carbocycles. The number of carboxylic acid groups (broad SMARTS) is 1. The lowest BCUT2D eigenvalue weighted by Crippen LogP contribution is -2.40. The Bertz CT molecular complexity index is 471. The smallest absolute Gasteiger partial charge is 0.322 e. The molecule has 1 saturated heterocycles. The summed E-state index contributed by atoms with van der Waals surface area (Å²) in [6.45, 7) is 0.613. The lowest BCUT2D eigenvalue weighted by molar-refractivity contribution is -0.141. The Morgan fingerprint density at radius 1 is 1.45 bits per heavy atom. The normalized spacial score (nSPS) is 22.7. The third-order valence-corrected chi connectivity index (χ3v) is 2.99. The predicted octanol–water partition coefficient (Wildman–Crippen LogP) is -0.668. The molecule has 1 aromatic heterocycles. The number of nitrogens with zero attached hydrogens (tertiary/aromatic N) is 2. The Labute approximate surface area is 116 Å². The molecule has 2 atom stereocenters. The quantitative estimate of drug-likeness (QED) is 0.466. The fourth-order valence-corrected chi connectivity index (χ4v) is 2.10. The lowest BCUT2D eigenvalue weighted by Gasteiger charge is -2.22. The first kappa shape index (κ1) is 14.5. The second kappa shape index (κ2) is 6.51. The number of carbonyl (C=O) groups is 1. The Morgan fingerprint density at radius 2 is 2.20 bits per heavy atom. The van der Waals surface area contributed by atoms with Crippen LogP contribution >= 0.6 is 0 Å². The topological polar surface area (TPSA) is 118 Å². The van der Waals surface area contributed by atoms with E-state index in [9.17, 15) is 9.90 Å². The van der Waals surface area contributed by atoms with Gasteiger partial charge in [0.25, 0.3) is 0 Å². The molecule has 1 aromatic rings. The van der Waals surface area contributed by atoms with E-state index < -0.39 is 18.1 Å². The molecule has 0 amide bonds. The summed E-state index contributed by atoms with van der Waals surface area (Å²) in [4.78, 5) is 15.3. The maximum absolute atomic E-state index is 11.1. The van der Waals surface area contributed by atoms with Crippen LogP contribution < -0.4 is 10.7 Å². The maximum atomic E-state index is 11.1. The van der Waals surface area contributed by atoms with E-state index in [0.29, 0.717) is 18.2 Å². The monoisotopic (exact) mass is 282 g/mol. The van der Waals surface area contributed by atoms with Crippen LogP contribution in [0.2, 0.25) is 0 Å². The van der Waals surface area contributed by atoms with Crippen LogP contribution in [0.3, 0.4) is 0 Å². The summed E-state index contributed by atoms with van der Waals surface area (Å²) in [5, 5.41) is 31.8. The molecule has 5 N–H and O–H groups in total.